The van der Waals surface area contributed by atoms with Crippen molar-refractivity contribution >= 4 is 39.6 Å². The van der Waals surface area contributed by atoms with Gasteiger partial charge in [-0.15, -0.1) is 5.10 Å². The quantitative estimate of drug-likeness (QED) is 0.465. The summed E-state index contributed by atoms with van der Waals surface area (Å²) in [5.74, 6) is -0.229. The fourth-order valence-corrected chi connectivity index (χ4v) is 3.78. The van der Waals surface area contributed by atoms with Gasteiger partial charge in [0.25, 0.3) is 5.91 Å². The minimum Gasteiger partial charge on any atom is -0.355 e. The van der Waals surface area contributed by atoms with Crippen molar-refractivity contribution in [3.05, 3.63) is 83.0 Å². The standard InChI is InChI=1S/C23H17ClN6O/c1-25-23(31)17-6-5-16(12-18(17)24)20-8-9-21-22(27-20)30(29-28-21)13-14-4-7-19-15(11-14)3-2-10-26-19/h2-12H,13H2,1H3,(H,25,31). The Hall–Kier alpha value is -3.84. The van der Waals surface area contributed by atoms with Gasteiger partial charge in [0, 0.05) is 24.2 Å². The molecule has 8 heteroatoms. The van der Waals surface area contributed by atoms with Gasteiger partial charge in [-0.05, 0) is 48.0 Å². The van der Waals surface area contributed by atoms with Crippen LogP contribution in [0, 0.1) is 0 Å². The maximum atomic E-state index is 11.9. The van der Waals surface area contributed by atoms with E-state index < -0.39 is 0 Å². The molecule has 1 amide bonds. The van der Waals surface area contributed by atoms with Gasteiger partial charge in [-0.3, -0.25) is 9.78 Å². The number of nitrogens with zero attached hydrogens (tertiary/aromatic N) is 5. The molecule has 3 heterocycles. The van der Waals surface area contributed by atoms with Crippen LogP contribution >= 0.6 is 11.6 Å². The van der Waals surface area contributed by atoms with E-state index in [1.54, 1.807) is 30.1 Å². The summed E-state index contributed by atoms with van der Waals surface area (Å²) in [4.78, 5) is 21.0. The first-order valence-corrected chi connectivity index (χ1v) is 10.1. The van der Waals surface area contributed by atoms with Gasteiger partial charge < -0.3 is 5.32 Å². The normalized spacial score (nSPS) is 11.2. The highest BCUT2D eigenvalue weighted by molar-refractivity contribution is 6.34. The summed E-state index contributed by atoms with van der Waals surface area (Å²) in [6.07, 6.45) is 1.78. The molecular formula is C23H17ClN6O. The maximum absolute atomic E-state index is 11.9. The average Bonchev–Trinajstić information content (AvgIpc) is 3.20. The Morgan fingerprint density at radius 3 is 2.77 bits per heavy atom. The second-order valence-electron chi connectivity index (χ2n) is 7.09. The third-order valence-corrected chi connectivity index (χ3v) is 5.41. The molecule has 0 bridgehead atoms. The zero-order valence-electron chi connectivity index (χ0n) is 16.6. The number of halogens is 1. The number of aromatic nitrogens is 5. The van der Waals surface area contributed by atoms with E-state index in [0.717, 1.165) is 27.7 Å². The predicted molar refractivity (Wildman–Crippen MR) is 120 cm³/mol. The van der Waals surface area contributed by atoms with Gasteiger partial charge >= 0.3 is 0 Å². The zero-order valence-corrected chi connectivity index (χ0v) is 17.3. The van der Waals surface area contributed by atoms with E-state index in [9.17, 15) is 4.79 Å². The van der Waals surface area contributed by atoms with Crippen LogP contribution in [0.3, 0.4) is 0 Å². The lowest BCUT2D eigenvalue weighted by Gasteiger charge is -2.07. The highest BCUT2D eigenvalue weighted by atomic mass is 35.5. The number of hydrogen-bond acceptors (Lipinski definition) is 5. The molecule has 2 aromatic carbocycles. The lowest BCUT2D eigenvalue weighted by atomic mass is 10.1. The molecule has 0 aliphatic rings. The van der Waals surface area contributed by atoms with E-state index in [-0.39, 0.29) is 5.91 Å². The van der Waals surface area contributed by atoms with Gasteiger partial charge in [0.1, 0.15) is 5.52 Å². The van der Waals surface area contributed by atoms with Gasteiger partial charge in [0.2, 0.25) is 0 Å². The van der Waals surface area contributed by atoms with Crippen LogP contribution in [0.1, 0.15) is 15.9 Å². The van der Waals surface area contributed by atoms with E-state index in [1.807, 2.05) is 42.5 Å². The molecule has 0 radical (unpaired) electrons. The Bertz CT molecular complexity index is 1450. The lowest BCUT2D eigenvalue weighted by Crippen LogP contribution is -2.18. The van der Waals surface area contributed by atoms with Gasteiger partial charge in [0.15, 0.2) is 5.65 Å². The summed E-state index contributed by atoms with van der Waals surface area (Å²) < 4.78 is 1.77. The summed E-state index contributed by atoms with van der Waals surface area (Å²) in [6, 6.07) is 19.1. The summed E-state index contributed by atoms with van der Waals surface area (Å²) in [6.45, 7) is 0.536. The molecule has 5 rings (SSSR count). The minimum absolute atomic E-state index is 0.229. The van der Waals surface area contributed by atoms with Crippen LogP contribution in [0.4, 0.5) is 0 Å². The van der Waals surface area contributed by atoms with Crippen LogP contribution in [-0.2, 0) is 6.54 Å². The minimum atomic E-state index is -0.229. The molecule has 0 saturated carbocycles. The summed E-state index contributed by atoms with van der Waals surface area (Å²) >= 11 is 6.31. The second-order valence-corrected chi connectivity index (χ2v) is 7.50. The Morgan fingerprint density at radius 1 is 1.06 bits per heavy atom. The molecular weight excluding hydrogens is 412 g/mol. The molecule has 0 unspecified atom stereocenters. The molecule has 3 aromatic heterocycles. The molecule has 152 valence electrons. The fraction of sp³-hybridized carbons (Fsp3) is 0.0870. The first-order chi connectivity index (χ1) is 15.1. The van der Waals surface area contributed by atoms with E-state index in [4.69, 9.17) is 16.6 Å². The summed E-state index contributed by atoms with van der Waals surface area (Å²) in [7, 11) is 1.57. The van der Waals surface area contributed by atoms with E-state index >= 15 is 0 Å². The number of pyridine rings is 2. The molecule has 31 heavy (non-hydrogen) atoms. The van der Waals surface area contributed by atoms with Gasteiger partial charge in [-0.1, -0.05) is 35.0 Å². The second kappa shape index (κ2) is 7.77. The number of carbonyl (C=O) groups excluding carboxylic acids is 1. The number of rotatable bonds is 4. The molecule has 0 fully saturated rings. The van der Waals surface area contributed by atoms with Crippen molar-refractivity contribution in [2.45, 2.75) is 6.54 Å². The van der Waals surface area contributed by atoms with Crippen molar-refractivity contribution in [1.29, 1.82) is 0 Å². The number of fused-ring (bicyclic) bond motifs is 2. The Morgan fingerprint density at radius 2 is 1.94 bits per heavy atom. The number of benzene rings is 2. The van der Waals surface area contributed by atoms with E-state index in [1.165, 1.54) is 0 Å². The van der Waals surface area contributed by atoms with Crippen LogP contribution in [0.15, 0.2) is 66.9 Å². The maximum Gasteiger partial charge on any atom is 0.252 e. The first kappa shape index (κ1) is 19.1. The van der Waals surface area contributed by atoms with Crippen molar-refractivity contribution < 1.29 is 4.79 Å². The van der Waals surface area contributed by atoms with Crippen LogP contribution in [0.5, 0.6) is 0 Å². The van der Waals surface area contributed by atoms with Crippen molar-refractivity contribution in [2.24, 2.45) is 0 Å². The third kappa shape index (κ3) is 3.60. The van der Waals surface area contributed by atoms with Gasteiger partial charge in [0.05, 0.1) is 28.3 Å². The number of nitrogens with one attached hydrogen (secondary N) is 1. The average molecular weight is 429 g/mol. The van der Waals surface area contributed by atoms with Crippen LogP contribution in [-0.4, -0.2) is 37.9 Å². The smallest absolute Gasteiger partial charge is 0.252 e. The lowest BCUT2D eigenvalue weighted by molar-refractivity contribution is 0.0963. The van der Waals surface area contributed by atoms with Gasteiger partial charge in [-0.25, -0.2) is 9.67 Å². The van der Waals surface area contributed by atoms with E-state index in [2.05, 4.69) is 26.7 Å². The molecule has 5 aromatic rings. The Kier molecular flexibility index (Phi) is 4.80. The zero-order chi connectivity index (χ0) is 21.4. The third-order valence-electron chi connectivity index (χ3n) is 5.10. The van der Waals surface area contributed by atoms with E-state index in [0.29, 0.717) is 28.3 Å². The highest BCUT2D eigenvalue weighted by Gasteiger charge is 2.13. The van der Waals surface area contributed by atoms with Gasteiger partial charge in [-0.2, -0.15) is 0 Å². The van der Waals surface area contributed by atoms with Crippen molar-refractivity contribution in [3.63, 3.8) is 0 Å². The molecule has 1 N–H and O–H groups in total. The van der Waals surface area contributed by atoms with Crippen LogP contribution in [0.2, 0.25) is 5.02 Å². The first-order valence-electron chi connectivity index (χ1n) is 9.68. The number of hydrogen-bond donors (Lipinski definition) is 1. The highest BCUT2D eigenvalue weighted by Crippen LogP contribution is 2.26. The fourth-order valence-electron chi connectivity index (χ4n) is 3.51. The van der Waals surface area contributed by atoms with Crippen molar-refractivity contribution in [2.75, 3.05) is 7.05 Å². The van der Waals surface area contributed by atoms with Crippen LogP contribution in [0.25, 0.3) is 33.3 Å². The molecule has 0 aliphatic heterocycles. The Balaban J connectivity index is 1.51. The van der Waals surface area contributed by atoms with Crippen LogP contribution < -0.4 is 5.32 Å². The molecule has 0 aliphatic carbocycles. The van der Waals surface area contributed by atoms with Crippen molar-refractivity contribution in [3.8, 4) is 11.3 Å². The predicted octanol–water partition coefficient (Wildman–Crippen LogP) is 4.10. The number of carbonyl (C=O) groups is 1. The number of amides is 1. The molecule has 0 saturated heterocycles. The molecule has 0 spiro atoms. The topological polar surface area (TPSA) is 85.6 Å². The summed E-state index contributed by atoms with van der Waals surface area (Å²) in [5, 5.41) is 12.5. The molecule has 7 nitrogen and oxygen atoms in total. The summed E-state index contributed by atoms with van der Waals surface area (Å²) in [5.41, 5.74) is 5.37. The SMILES string of the molecule is CNC(=O)c1ccc(-c2ccc3nnn(Cc4ccc5ncccc5c4)c3n2)cc1Cl. The Labute approximate surface area is 182 Å². The monoisotopic (exact) mass is 428 g/mol. The van der Waals surface area contributed by atoms with Crippen molar-refractivity contribution in [1.82, 2.24) is 30.3 Å². The molecule has 0 atom stereocenters. The largest absolute Gasteiger partial charge is 0.355 e.